The summed E-state index contributed by atoms with van der Waals surface area (Å²) < 4.78 is 2.63. The molecule has 1 aliphatic carbocycles. The highest BCUT2D eigenvalue weighted by Crippen LogP contribution is 2.49. The number of hydrogen-bond acceptors (Lipinski definition) is 3. The largest absolute Gasteiger partial charge is 0.318 e. The van der Waals surface area contributed by atoms with Crippen LogP contribution in [0.3, 0.4) is 0 Å². The van der Waals surface area contributed by atoms with Crippen molar-refractivity contribution in [1.82, 2.24) is 0 Å². The van der Waals surface area contributed by atoms with E-state index < -0.39 is 5.54 Å². The number of nitrogens with zero attached hydrogens (tertiary/aromatic N) is 1. The van der Waals surface area contributed by atoms with Gasteiger partial charge in [-0.15, -0.1) is 11.3 Å². The maximum atomic E-state index is 7.10. The lowest BCUT2D eigenvalue weighted by molar-refractivity contribution is 0.621. The van der Waals surface area contributed by atoms with Gasteiger partial charge in [0.25, 0.3) is 0 Å². The van der Waals surface area contributed by atoms with E-state index >= 15 is 0 Å². The van der Waals surface area contributed by atoms with E-state index in [1.165, 1.54) is 59.1 Å². The smallest absolute Gasteiger partial charge is 0.0649 e. The summed E-state index contributed by atoms with van der Waals surface area (Å²) in [6.07, 6.45) is 0. The van der Waals surface area contributed by atoms with Crippen molar-refractivity contribution >= 4 is 48.6 Å². The van der Waals surface area contributed by atoms with Gasteiger partial charge in [-0.25, -0.2) is 0 Å². The van der Waals surface area contributed by atoms with Gasteiger partial charge in [-0.3, -0.25) is 0 Å². The Morgan fingerprint density at radius 2 is 1.09 bits per heavy atom. The molecule has 8 aromatic rings. The summed E-state index contributed by atoms with van der Waals surface area (Å²) in [6.45, 7) is 2.13. The lowest BCUT2D eigenvalue weighted by Crippen LogP contribution is -2.31. The van der Waals surface area contributed by atoms with E-state index in [1.807, 2.05) is 11.3 Å². The second-order valence-electron chi connectivity index (χ2n) is 12.6. The molecule has 1 aliphatic rings. The summed E-state index contributed by atoms with van der Waals surface area (Å²) in [4.78, 5) is 2.36. The molecule has 2 N–H and O–H groups in total. The Balaban J connectivity index is 1.21. The van der Waals surface area contributed by atoms with Crippen LogP contribution in [0.1, 0.15) is 18.1 Å². The van der Waals surface area contributed by atoms with Crippen LogP contribution < -0.4 is 10.6 Å². The van der Waals surface area contributed by atoms with E-state index in [-0.39, 0.29) is 0 Å². The van der Waals surface area contributed by atoms with Crippen molar-refractivity contribution in [3.05, 3.63) is 175 Å². The van der Waals surface area contributed by atoms with Crippen molar-refractivity contribution < 1.29 is 0 Å². The Bertz CT molecular complexity index is 2440. The normalized spacial score (nSPS) is 15.1. The number of thiophene rings is 1. The fourth-order valence-corrected chi connectivity index (χ4v) is 8.56. The van der Waals surface area contributed by atoms with Crippen molar-refractivity contribution in [3.63, 3.8) is 0 Å². The third kappa shape index (κ3) is 4.51. The molecule has 47 heavy (non-hydrogen) atoms. The number of rotatable bonds is 5. The number of nitrogens with two attached hydrogens (primary N) is 1. The van der Waals surface area contributed by atoms with Crippen molar-refractivity contribution in [2.45, 2.75) is 12.5 Å². The molecular formula is C44H32N2S. The zero-order valence-electron chi connectivity index (χ0n) is 26.0. The quantitative estimate of drug-likeness (QED) is 0.207. The molecule has 0 saturated carbocycles. The summed E-state index contributed by atoms with van der Waals surface area (Å²) in [5.41, 5.74) is 19.4. The van der Waals surface area contributed by atoms with Crippen LogP contribution in [0.2, 0.25) is 0 Å². The van der Waals surface area contributed by atoms with E-state index in [2.05, 4.69) is 176 Å². The Morgan fingerprint density at radius 3 is 1.96 bits per heavy atom. The minimum atomic E-state index is -0.580. The summed E-state index contributed by atoms with van der Waals surface area (Å²) in [6, 6.07) is 59.1. The highest BCUT2D eigenvalue weighted by Gasteiger charge is 2.36. The van der Waals surface area contributed by atoms with Crippen LogP contribution in [0.4, 0.5) is 17.1 Å². The monoisotopic (exact) mass is 620 g/mol. The Hall–Kier alpha value is -5.48. The fourth-order valence-electron chi connectivity index (χ4n) is 7.32. The molecule has 1 heterocycles. The van der Waals surface area contributed by atoms with Gasteiger partial charge in [0, 0.05) is 37.2 Å². The Labute approximate surface area is 279 Å². The molecule has 1 aromatic heterocycles. The van der Waals surface area contributed by atoms with Gasteiger partial charge in [0.15, 0.2) is 0 Å². The molecular weight excluding hydrogens is 589 g/mol. The maximum Gasteiger partial charge on any atom is 0.0649 e. The number of fused-ring (bicyclic) bond motifs is 6. The molecule has 2 nitrogen and oxygen atoms in total. The average molecular weight is 621 g/mol. The van der Waals surface area contributed by atoms with Crippen LogP contribution in [0.25, 0.3) is 53.6 Å². The summed E-state index contributed by atoms with van der Waals surface area (Å²) in [5.74, 6) is 0. The van der Waals surface area contributed by atoms with Crippen molar-refractivity contribution in [2.24, 2.45) is 5.73 Å². The lowest BCUT2D eigenvalue weighted by Gasteiger charge is -2.28. The number of hydrogen-bond donors (Lipinski definition) is 1. The van der Waals surface area contributed by atoms with Crippen LogP contribution in [0.5, 0.6) is 0 Å². The van der Waals surface area contributed by atoms with E-state index in [1.54, 1.807) is 0 Å². The molecule has 7 aromatic carbocycles. The van der Waals surface area contributed by atoms with Gasteiger partial charge in [0.2, 0.25) is 0 Å². The molecule has 1 unspecified atom stereocenters. The standard InChI is InChI=1S/C44H32N2S/c1-44(45)40-19-7-5-15-36(40)37-26-25-34(28-41(37)44)46(32-23-21-30(22-24-32)29-11-3-2-4-12-29)33-14-9-13-31(27-33)35-17-10-18-39-38-16-6-8-20-42(38)47-43(35)39/h2-28H,45H2,1H3. The topological polar surface area (TPSA) is 29.3 Å². The van der Waals surface area contributed by atoms with Gasteiger partial charge in [-0.1, -0.05) is 121 Å². The molecule has 0 aliphatic heterocycles. The first-order valence-electron chi connectivity index (χ1n) is 16.1. The van der Waals surface area contributed by atoms with E-state index in [9.17, 15) is 0 Å². The summed E-state index contributed by atoms with van der Waals surface area (Å²) in [7, 11) is 0. The van der Waals surface area contributed by atoms with Gasteiger partial charge in [0.05, 0.1) is 5.54 Å². The second kappa shape index (κ2) is 10.8. The highest BCUT2D eigenvalue weighted by atomic mass is 32.1. The predicted octanol–water partition coefficient (Wildman–Crippen LogP) is 12.1. The molecule has 3 heteroatoms. The third-order valence-corrected chi connectivity index (χ3v) is 10.9. The molecule has 224 valence electrons. The van der Waals surface area contributed by atoms with Crippen molar-refractivity contribution in [3.8, 4) is 33.4 Å². The van der Waals surface area contributed by atoms with Crippen molar-refractivity contribution in [1.29, 1.82) is 0 Å². The fraction of sp³-hybridized carbons (Fsp3) is 0.0455. The van der Waals surface area contributed by atoms with Gasteiger partial charge < -0.3 is 10.6 Å². The summed E-state index contributed by atoms with van der Waals surface area (Å²) in [5, 5.41) is 2.62. The zero-order valence-corrected chi connectivity index (χ0v) is 26.8. The molecule has 0 saturated heterocycles. The molecule has 1 atom stereocenters. The molecule has 0 fully saturated rings. The van der Waals surface area contributed by atoms with Crippen LogP contribution in [0.15, 0.2) is 164 Å². The second-order valence-corrected chi connectivity index (χ2v) is 13.6. The number of benzene rings is 7. The van der Waals surface area contributed by atoms with Crippen LogP contribution in [-0.2, 0) is 5.54 Å². The van der Waals surface area contributed by atoms with E-state index in [0.717, 1.165) is 22.6 Å². The lowest BCUT2D eigenvalue weighted by atomic mass is 9.90. The molecule has 0 amide bonds. The summed E-state index contributed by atoms with van der Waals surface area (Å²) >= 11 is 1.87. The minimum absolute atomic E-state index is 0.580. The third-order valence-electron chi connectivity index (χ3n) is 9.65. The Kier molecular flexibility index (Phi) is 6.39. The van der Waals surface area contributed by atoms with Gasteiger partial charge >= 0.3 is 0 Å². The first-order chi connectivity index (χ1) is 23.1. The van der Waals surface area contributed by atoms with Crippen LogP contribution in [0, 0.1) is 0 Å². The maximum absolute atomic E-state index is 7.10. The highest BCUT2D eigenvalue weighted by molar-refractivity contribution is 7.26. The SMILES string of the molecule is CC1(N)c2ccccc2-c2ccc(N(c3ccc(-c4ccccc4)cc3)c3cccc(-c4cccc5c4sc4ccccc45)c3)cc21. The molecule has 0 spiro atoms. The predicted molar refractivity (Wildman–Crippen MR) is 201 cm³/mol. The van der Waals surface area contributed by atoms with Gasteiger partial charge in [-0.05, 0) is 93.9 Å². The molecule has 0 radical (unpaired) electrons. The number of anilines is 3. The zero-order chi connectivity index (χ0) is 31.5. The Morgan fingerprint density at radius 1 is 0.468 bits per heavy atom. The van der Waals surface area contributed by atoms with Crippen LogP contribution in [-0.4, -0.2) is 0 Å². The minimum Gasteiger partial charge on any atom is -0.318 e. The first-order valence-corrected chi connectivity index (χ1v) is 16.9. The molecule has 0 bridgehead atoms. The van der Waals surface area contributed by atoms with Gasteiger partial charge in [0.1, 0.15) is 0 Å². The van der Waals surface area contributed by atoms with Crippen LogP contribution >= 0.6 is 11.3 Å². The van der Waals surface area contributed by atoms with E-state index in [4.69, 9.17) is 5.73 Å². The van der Waals surface area contributed by atoms with Crippen molar-refractivity contribution in [2.75, 3.05) is 4.90 Å². The van der Waals surface area contributed by atoms with E-state index in [0.29, 0.717) is 0 Å². The van der Waals surface area contributed by atoms with Gasteiger partial charge in [-0.2, -0.15) is 0 Å². The molecule has 9 rings (SSSR count). The average Bonchev–Trinajstić information content (AvgIpc) is 3.61. The first kappa shape index (κ1) is 27.8.